The molecule has 1 aliphatic heterocycles. The minimum atomic E-state index is -0.437. The van der Waals surface area contributed by atoms with Gasteiger partial charge < -0.3 is 14.8 Å². The van der Waals surface area contributed by atoms with Gasteiger partial charge in [-0.05, 0) is 49.0 Å². The van der Waals surface area contributed by atoms with Crippen LogP contribution in [0.4, 0.5) is 5.69 Å². The van der Waals surface area contributed by atoms with Crippen molar-refractivity contribution in [2.45, 2.75) is 13.0 Å². The Balaban J connectivity index is 2.16. The van der Waals surface area contributed by atoms with Gasteiger partial charge in [0.05, 0.1) is 31.5 Å². The monoisotopic (exact) mass is 402 g/mol. The van der Waals surface area contributed by atoms with Gasteiger partial charge in [-0.1, -0.05) is 35.9 Å². The number of halogens is 1. The Morgan fingerprint density at radius 1 is 1.15 bits per heavy atom. The fourth-order valence-electron chi connectivity index (χ4n) is 3.13. The zero-order valence-corrected chi connectivity index (χ0v) is 16.7. The number of methoxy groups -OCH3 is 2. The van der Waals surface area contributed by atoms with E-state index in [1.807, 2.05) is 43.3 Å². The molecule has 0 saturated carbocycles. The fraction of sp³-hybridized carbons (Fsp3) is 0.200. The van der Waals surface area contributed by atoms with Gasteiger partial charge in [0.2, 0.25) is 0 Å². The van der Waals surface area contributed by atoms with Crippen molar-refractivity contribution in [1.29, 1.82) is 0 Å². The molecule has 0 radical (unpaired) electrons. The Morgan fingerprint density at radius 3 is 2.44 bits per heavy atom. The van der Waals surface area contributed by atoms with Crippen molar-refractivity contribution in [2.75, 3.05) is 19.1 Å². The Kier molecular flexibility index (Phi) is 5.68. The molecular weight excluding hydrogens is 384 g/mol. The molecule has 0 aliphatic carbocycles. The third kappa shape index (κ3) is 3.63. The van der Waals surface area contributed by atoms with Crippen molar-refractivity contribution in [1.82, 2.24) is 5.32 Å². The van der Waals surface area contributed by atoms with E-state index in [1.165, 1.54) is 7.11 Å². The number of thiocarbonyl (C=S) groups is 1. The number of carbonyl (C=O) groups excluding carboxylic acids is 1. The average Bonchev–Trinajstić information content (AvgIpc) is 2.68. The number of rotatable bonds is 4. The lowest BCUT2D eigenvalue weighted by molar-refractivity contribution is -0.136. The van der Waals surface area contributed by atoms with Crippen LogP contribution < -0.4 is 15.0 Å². The van der Waals surface area contributed by atoms with Gasteiger partial charge in [0.1, 0.15) is 5.75 Å². The molecule has 1 aliphatic rings. The van der Waals surface area contributed by atoms with Crippen molar-refractivity contribution in [3.63, 3.8) is 0 Å². The molecule has 5 nitrogen and oxygen atoms in total. The second-order valence-corrected chi connectivity index (χ2v) is 6.76. The van der Waals surface area contributed by atoms with E-state index in [1.54, 1.807) is 24.1 Å². The number of carbonyl (C=O) groups is 1. The average molecular weight is 403 g/mol. The molecule has 0 aromatic heterocycles. The molecule has 7 heteroatoms. The molecule has 2 aromatic rings. The quantitative estimate of drug-likeness (QED) is 0.610. The van der Waals surface area contributed by atoms with E-state index >= 15 is 0 Å². The molecule has 2 aromatic carbocycles. The van der Waals surface area contributed by atoms with Gasteiger partial charge in [0.25, 0.3) is 0 Å². The van der Waals surface area contributed by atoms with Crippen LogP contribution in [0.1, 0.15) is 18.5 Å². The summed E-state index contributed by atoms with van der Waals surface area (Å²) < 4.78 is 10.5. The van der Waals surface area contributed by atoms with Gasteiger partial charge in [0.15, 0.2) is 5.11 Å². The van der Waals surface area contributed by atoms with Crippen LogP contribution in [-0.2, 0) is 9.53 Å². The van der Waals surface area contributed by atoms with Gasteiger partial charge in [0, 0.05) is 10.7 Å². The summed E-state index contributed by atoms with van der Waals surface area (Å²) in [6, 6.07) is 14.3. The van der Waals surface area contributed by atoms with Crippen molar-refractivity contribution >= 4 is 40.6 Å². The van der Waals surface area contributed by atoms with Crippen molar-refractivity contribution < 1.29 is 14.3 Å². The normalized spacial score (nSPS) is 16.8. The Morgan fingerprint density at radius 2 is 1.81 bits per heavy atom. The number of nitrogens with one attached hydrogen (secondary N) is 1. The minimum absolute atomic E-state index is 0.428. The van der Waals surface area contributed by atoms with Crippen molar-refractivity contribution in [3.05, 3.63) is 70.4 Å². The summed E-state index contributed by atoms with van der Waals surface area (Å²) in [6.45, 7) is 1.84. The molecule has 1 atom stereocenters. The Hall–Kier alpha value is -2.57. The summed E-state index contributed by atoms with van der Waals surface area (Å²) >= 11 is 11.6. The minimum Gasteiger partial charge on any atom is -0.495 e. The summed E-state index contributed by atoms with van der Waals surface area (Å²) in [5, 5.41) is 4.33. The molecule has 1 heterocycles. The number of para-hydroxylation sites is 2. The molecule has 140 valence electrons. The second kappa shape index (κ2) is 7.98. The van der Waals surface area contributed by atoms with Gasteiger partial charge >= 0.3 is 5.97 Å². The van der Waals surface area contributed by atoms with Gasteiger partial charge in [-0.15, -0.1) is 0 Å². The third-order valence-corrected chi connectivity index (χ3v) is 4.97. The van der Waals surface area contributed by atoms with Crippen LogP contribution in [-0.4, -0.2) is 25.3 Å². The standard InChI is InChI=1S/C20H19ClN2O3S/c1-12-17(19(24)26-3)18(13-8-10-14(21)11-9-13)22-20(27)23(12)15-6-4-5-7-16(15)25-2/h4-11,18H,1-3H3,(H,22,27)/t18-/m0/s1. The maximum atomic E-state index is 12.6. The highest BCUT2D eigenvalue weighted by molar-refractivity contribution is 7.80. The largest absolute Gasteiger partial charge is 0.495 e. The number of hydrogen-bond donors (Lipinski definition) is 1. The second-order valence-electron chi connectivity index (χ2n) is 5.93. The molecule has 1 N–H and O–H groups in total. The topological polar surface area (TPSA) is 50.8 Å². The smallest absolute Gasteiger partial charge is 0.337 e. The van der Waals surface area contributed by atoms with Gasteiger partial charge in [-0.3, -0.25) is 4.90 Å². The summed E-state index contributed by atoms with van der Waals surface area (Å²) in [6.07, 6.45) is 0. The van der Waals surface area contributed by atoms with E-state index in [0.29, 0.717) is 27.2 Å². The lowest BCUT2D eigenvalue weighted by Crippen LogP contribution is -2.48. The van der Waals surface area contributed by atoms with Crippen LogP contribution in [0.25, 0.3) is 0 Å². The molecular formula is C20H19ClN2O3S. The molecule has 0 fully saturated rings. The predicted molar refractivity (Wildman–Crippen MR) is 110 cm³/mol. The fourth-order valence-corrected chi connectivity index (χ4v) is 3.61. The van der Waals surface area contributed by atoms with Crippen molar-refractivity contribution in [2.24, 2.45) is 0 Å². The van der Waals surface area contributed by atoms with Crippen molar-refractivity contribution in [3.8, 4) is 5.75 Å². The summed E-state index contributed by atoms with van der Waals surface area (Å²) in [7, 11) is 2.96. The predicted octanol–water partition coefficient (Wildman–Crippen LogP) is 4.23. The van der Waals surface area contributed by atoms with E-state index in [0.717, 1.165) is 11.3 Å². The number of ether oxygens (including phenoxy) is 2. The Bertz CT molecular complexity index is 912. The zero-order chi connectivity index (χ0) is 19.6. The van der Waals surface area contributed by atoms with Crippen LogP contribution in [0.15, 0.2) is 59.8 Å². The summed E-state index contributed by atoms with van der Waals surface area (Å²) in [4.78, 5) is 14.4. The number of hydrogen-bond acceptors (Lipinski definition) is 4. The van der Waals surface area contributed by atoms with Gasteiger partial charge in [-0.2, -0.15) is 0 Å². The first-order valence-corrected chi connectivity index (χ1v) is 9.04. The Labute approximate surface area is 168 Å². The van der Waals surface area contributed by atoms with Crippen LogP contribution in [0, 0.1) is 0 Å². The highest BCUT2D eigenvalue weighted by Crippen LogP contribution is 2.37. The number of allylic oxidation sites excluding steroid dienone is 1. The lowest BCUT2D eigenvalue weighted by atomic mass is 9.95. The van der Waals surface area contributed by atoms with E-state index < -0.39 is 12.0 Å². The first-order valence-electron chi connectivity index (χ1n) is 8.26. The first kappa shape index (κ1) is 19.2. The maximum absolute atomic E-state index is 12.6. The maximum Gasteiger partial charge on any atom is 0.337 e. The molecule has 0 bridgehead atoms. The lowest BCUT2D eigenvalue weighted by Gasteiger charge is -2.37. The van der Waals surface area contributed by atoms with E-state index in [4.69, 9.17) is 33.3 Å². The van der Waals surface area contributed by atoms with Gasteiger partial charge in [-0.25, -0.2) is 4.79 Å². The van der Waals surface area contributed by atoms with Crippen LogP contribution in [0.5, 0.6) is 5.75 Å². The van der Waals surface area contributed by atoms with E-state index in [2.05, 4.69) is 5.32 Å². The number of nitrogens with zero attached hydrogens (tertiary/aromatic N) is 1. The number of anilines is 1. The van der Waals surface area contributed by atoms with Crippen LogP contribution >= 0.6 is 23.8 Å². The molecule has 3 rings (SSSR count). The van der Waals surface area contributed by atoms with Crippen LogP contribution in [0.3, 0.4) is 0 Å². The van der Waals surface area contributed by atoms with E-state index in [9.17, 15) is 4.79 Å². The zero-order valence-electron chi connectivity index (χ0n) is 15.2. The summed E-state index contributed by atoms with van der Waals surface area (Å²) in [5.41, 5.74) is 2.75. The molecule has 27 heavy (non-hydrogen) atoms. The molecule has 0 spiro atoms. The third-order valence-electron chi connectivity index (χ3n) is 4.42. The highest BCUT2D eigenvalue weighted by Gasteiger charge is 2.35. The molecule has 0 unspecified atom stereocenters. The number of benzene rings is 2. The first-order chi connectivity index (χ1) is 13.0. The number of esters is 1. The van der Waals surface area contributed by atoms with Crippen LogP contribution in [0.2, 0.25) is 5.02 Å². The van der Waals surface area contributed by atoms with E-state index in [-0.39, 0.29) is 0 Å². The SMILES string of the molecule is COC(=O)C1=C(C)N(c2ccccc2OC)C(=S)N[C@H]1c1ccc(Cl)cc1. The highest BCUT2D eigenvalue weighted by atomic mass is 35.5. The summed E-state index contributed by atoms with van der Waals surface area (Å²) in [5.74, 6) is 0.220. The molecule has 0 amide bonds. The molecule has 0 saturated heterocycles.